The zero-order valence-electron chi connectivity index (χ0n) is 10.1. The van der Waals surface area contributed by atoms with Crippen LogP contribution in [0.1, 0.15) is 21.3 Å². The van der Waals surface area contributed by atoms with Gasteiger partial charge in [-0.15, -0.1) is 11.6 Å². The maximum atomic E-state index is 12.3. The van der Waals surface area contributed by atoms with E-state index in [9.17, 15) is 14.9 Å². The van der Waals surface area contributed by atoms with Crippen LogP contribution in [0.5, 0.6) is 0 Å². The number of hydrogen-bond donors (Lipinski definition) is 0. The second-order valence-electron chi connectivity index (χ2n) is 4.09. The van der Waals surface area contributed by atoms with Crippen LogP contribution in [0.25, 0.3) is 0 Å². The number of benzene rings is 2. The quantitative estimate of drug-likeness (QED) is 0.351. The number of carbonyl (C=O) groups excluding carboxylic acids is 1. The molecule has 102 valence electrons. The van der Waals surface area contributed by atoms with E-state index in [1.54, 1.807) is 24.3 Å². The average Bonchev–Trinajstić information content (AvgIpc) is 2.46. The van der Waals surface area contributed by atoms with Gasteiger partial charge >= 0.3 is 0 Å². The van der Waals surface area contributed by atoms with E-state index in [4.69, 9.17) is 11.6 Å². The molecule has 0 saturated heterocycles. The van der Waals surface area contributed by atoms with Crippen LogP contribution in [-0.2, 0) is 0 Å². The summed E-state index contributed by atoms with van der Waals surface area (Å²) in [5, 5.41) is 9.94. The van der Waals surface area contributed by atoms with Crippen molar-refractivity contribution in [3.05, 3.63) is 74.2 Å². The molecule has 0 radical (unpaired) electrons. The lowest BCUT2D eigenvalue weighted by Crippen LogP contribution is -2.08. The van der Waals surface area contributed by atoms with Crippen LogP contribution in [0, 0.1) is 10.1 Å². The van der Waals surface area contributed by atoms with Crippen LogP contribution in [-0.4, -0.2) is 10.7 Å². The van der Waals surface area contributed by atoms with Crippen molar-refractivity contribution in [3.63, 3.8) is 0 Å². The Morgan fingerprint density at radius 3 is 2.45 bits per heavy atom. The zero-order valence-corrected chi connectivity index (χ0v) is 12.5. The van der Waals surface area contributed by atoms with Crippen LogP contribution in [0.2, 0.25) is 0 Å². The first-order valence-electron chi connectivity index (χ1n) is 5.67. The van der Waals surface area contributed by atoms with Crippen molar-refractivity contribution in [2.75, 3.05) is 0 Å². The summed E-state index contributed by atoms with van der Waals surface area (Å²) in [5.41, 5.74) is 0.705. The highest BCUT2D eigenvalue weighted by molar-refractivity contribution is 9.10. The van der Waals surface area contributed by atoms with Crippen molar-refractivity contribution >= 4 is 39.0 Å². The lowest BCUT2D eigenvalue weighted by molar-refractivity contribution is -0.385. The van der Waals surface area contributed by atoms with Crippen molar-refractivity contribution in [1.82, 2.24) is 0 Å². The van der Waals surface area contributed by atoms with Crippen molar-refractivity contribution in [1.29, 1.82) is 0 Å². The Bertz CT molecular complexity index is 661. The predicted octanol–water partition coefficient (Wildman–Crippen LogP) is 4.52. The normalized spacial score (nSPS) is 11.9. The smallest absolute Gasteiger partial charge is 0.271 e. The van der Waals surface area contributed by atoms with Gasteiger partial charge in [0.2, 0.25) is 0 Å². The fraction of sp³-hybridized carbons (Fsp3) is 0.0714. The number of ketones is 1. The van der Waals surface area contributed by atoms with Crippen molar-refractivity contribution in [3.8, 4) is 0 Å². The number of hydrogen-bond acceptors (Lipinski definition) is 3. The van der Waals surface area contributed by atoms with Gasteiger partial charge < -0.3 is 0 Å². The van der Waals surface area contributed by atoms with Gasteiger partial charge in [0, 0.05) is 22.2 Å². The minimum absolute atomic E-state index is 0.153. The number of nitro groups is 1. The highest BCUT2D eigenvalue weighted by atomic mass is 79.9. The number of rotatable bonds is 4. The molecule has 1 atom stereocenters. The minimum atomic E-state index is -0.870. The molecule has 0 aliphatic rings. The average molecular weight is 355 g/mol. The number of halogens is 2. The SMILES string of the molecule is O=C(c1cc(Br)cc([N+](=O)[O-])c1)C(Cl)c1ccccc1. The summed E-state index contributed by atoms with van der Waals surface area (Å²) >= 11 is 9.30. The van der Waals surface area contributed by atoms with E-state index in [1.807, 2.05) is 6.07 Å². The van der Waals surface area contributed by atoms with Gasteiger partial charge in [-0.05, 0) is 11.6 Å². The molecule has 20 heavy (non-hydrogen) atoms. The van der Waals surface area contributed by atoms with Crippen LogP contribution < -0.4 is 0 Å². The zero-order chi connectivity index (χ0) is 14.7. The van der Waals surface area contributed by atoms with Crippen molar-refractivity contribution in [2.45, 2.75) is 5.38 Å². The largest absolute Gasteiger partial charge is 0.292 e. The Hall–Kier alpha value is -1.72. The molecule has 6 heteroatoms. The summed E-state index contributed by atoms with van der Waals surface area (Å²) in [6.07, 6.45) is 0. The van der Waals surface area contributed by atoms with Gasteiger partial charge in [0.05, 0.1) is 4.92 Å². The van der Waals surface area contributed by atoms with E-state index in [1.165, 1.54) is 18.2 Å². The number of nitrogens with zero attached hydrogens (tertiary/aromatic N) is 1. The standard InChI is InChI=1S/C14H9BrClNO3/c15-11-6-10(7-12(8-11)17(19)20)14(18)13(16)9-4-2-1-3-5-9/h1-8,13H. The Morgan fingerprint density at radius 2 is 1.85 bits per heavy atom. The molecule has 2 aromatic carbocycles. The summed E-state index contributed by atoms with van der Waals surface area (Å²) in [5.74, 6) is -0.373. The topological polar surface area (TPSA) is 60.2 Å². The first-order chi connectivity index (χ1) is 9.49. The Balaban J connectivity index is 2.36. The second-order valence-corrected chi connectivity index (χ2v) is 5.44. The summed E-state index contributed by atoms with van der Waals surface area (Å²) in [6, 6.07) is 12.9. The number of carbonyl (C=O) groups is 1. The van der Waals surface area contributed by atoms with E-state index < -0.39 is 10.3 Å². The molecule has 0 aliphatic heterocycles. The molecule has 0 amide bonds. The highest BCUT2D eigenvalue weighted by Crippen LogP contribution is 2.28. The third-order valence-corrected chi connectivity index (χ3v) is 3.61. The lowest BCUT2D eigenvalue weighted by atomic mass is 10.0. The number of alkyl halides is 1. The van der Waals surface area contributed by atoms with Crippen LogP contribution >= 0.6 is 27.5 Å². The van der Waals surface area contributed by atoms with E-state index in [0.717, 1.165) is 0 Å². The Labute approximate surface area is 128 Å². The second kappa shape index (κ2) is 6.15. The molecule has 0 spiro atoms. The molecule has 0 N–H and O–H groups in total. The molecule has 0 heterocycles. The van der Waals surface area contributed by atoms with Gasteiger partial charge in [0.1, 0.15) is 5.38 Å². The summed E-state index contributed by atoms with van der Waals surface area (Å²) in [6.45, 7) is 0. The fourth-order valence-electron chi connectivity index (χ4n) is 1.74. The summed E-state index contributed by atoms with van der Waals surface area (Å²) in [4.78, 5) is 22.6. The molecule has 0 bridgehead atoms. The van der Waals surface area contributed by atoms with E-state index in [0.29, 0.717) is 10.0 Å². The van der Waals surface area contributed by atoms with Gasteiger partial charge in [0.15, 0.2) is 5.78 Å². The lowest BCUT2D eigenvalue weighted by Gasteiger charge is -2.09. The molecule has 1 unspecified atom stereocenters. The maximum absolute atomic E-state index is 12.3. The first-order valence-corrected chi connectivity index (χ1v) is 6.90. The number of Topliss-reactive ketones (excluding diaryl/α,β-unsaturated/α-hetero) is 1. The molecule has 4 nitrogen and oxygen atoms in total. The Morgan fingerprint density at radius 1 is 1.20 bits per heavy atom. The molecular weight excluding hydrogens is 346 g/mol. The molecule has 2 aromatic rings. The van der Waals surface area contributed by atoms with Gasteiger partial charge in [-0.1, -0.05) is 46.3 Å². The van der Waals surface area contributed by atoms with E-state index in [-0.39, 0.29) is 17.0 Å². The third-order valence-electron chi connectivity index (χ3n) is 2.70. The molecule has 0 aromatic heterocycles. The first kappa shape index (κ1) is 14.7. The fourth-order valence-corrected chi connectivity index (χ4v) is 2.49. The Kier molecular flexibility index (Phi) is 4.52. The van der Waals surface area contributed by atoms with Crippen LogP contribution in [0.15, 0.2) is 53.0 Å². The van der Waals surface area contributed by atoms with Crippen LogP contribution in [0.4, 0.5) is 5.69 Å². The highest BCUT2D eigenvalue weighted by Gasteiger charge is 2.21. The number of non-ortho nitro benzene ring substituents is 1. The summed E-state index contributed by atoms with van der Waals surface area (Å²) in [7, 11) is 0. The monoisotopic (exact) mass is 353 g/mol. The van der Waals surface area contributed by atoms with Crippen molar-refractivity contribution in [2.24, 2.45) is 0 Å². The number of nitro benzene ring substituents is 1. The maximum Gasteiger partial charge on any atom is 0.271 e. The molecular formula is C14H9BrClNO3. The van der Waals surface area contributed by atoms with E-state index in [2.05, 4.69) is 15.9 Å². The van der Waals surface area contributed by atoms with Gasteiger partial charge in [0.25, 0.3) is 5.69 Å². The van der Waals surface area contributed by atoms with Gasteiger partial charge in [-0.25, -0.2) is 0 Å². The predicted molar refractivity (Wildman–Crippen MR) is 80.2 cm³/mol. The summed E-state index contributed by atoms with van der Waals surface area (Å²) < 4.78 is 0.465. The van der Waals surface area contributed by atoms with E-state index >= 15 is 0 Å². The molecule has 2 rings (SSSR count). The minimum Gasteiger partial charge on any atom is -0.292 e. The van der Waals surface area contributed by atoms with Crippen LogP contribution in [0.3, 0.4) is 0 Å². The van der Waals surface area contributed by atoms with Gasteiger partial charge in [-0.3, -0.25) is 14.9 Å². The van der Waals surface area contributed by atoms with Crippen molar-refractivity contribution < 1.29 is 9.72 Å². The third kappa shape index (κ3) is 3.23. The molecule has 0 fully saturated rings. The molecule has 0 saturated carbocycles. The molecule has 0 aliphatic carbocycles. The van der Waals surface area contributed by atoms with Gasteiger partial charge in [-0.2, -0.15) is 0 Å².